The number of anilines is 1. The number of hydrogen-bond acceptors (Lipinski definition) is 6. The summed E-state index contributed by atoms with van der Waals surface area (Å²) < 4.78 is 28.1. The molecule has 1 atom stereocenters. The van der Waals surface area contributed by atoms with Gasteiger partial charge in [-0.2, -0.15) is 4.31 Å². The maximum Gasteiger partial charge on any atom is 0.243 e. The third-order valence-corrected chi connectivity index (χ3v) is 7.80. The Labute approximate surface area is 195 Å². The second-order valence-corrected chi connectivity index (χ2v) is 11.0. The molecule has 172 valence electrons. The molecule has 3 rings (SSSR count). The van der Waals surface area contributed by atoms with Gasteiger partial charge in [0, 0.05) is 31.1 Å². The molecule has 0 radical (unpaired) electrons. The van der Waals surface area contributed by atoms with Crippen molar-refractivity contribution in [1.82, 2.24) is 9.29 Å². The van der Waals surface area contributed by atoms with Crippen molar-refractivity contribution in [2.75, 3.05) is 25.5 Å². The smallest absolute Gasteiger partial charge is 0.243 e. The first kappa shape index (κ1) is 24.4. The van der Waals surface area contributed by atoms with Gasteiger partial charge in [-0.1, -0.05) is 56.3 Å². The van der Waals surface area contributed by atoms with Gasteiger partial charge in [0.05, 0.1) is 16.7 Å². The van der Waals surface area contributed by atoms with E-state index in [4.69, 9.17) is 0 Å². The summed E-state index contributed by atoms with van der Waals surface area (Å²) in [6, 6.07) is 16.7. The zero-order valence-corrected chi connectivity index (χ0v) is 20.4. The molecule has 0 fully saturated rings. The highest BCUT2D eigenvalue weighted by Crippen LogP contribution is 2.27. The van der Waals surface area contributed by atoms with E-state index in [-0.39, 0.29) is 17.4 Å². The zero-order chi connectivity index (χ0) is 23.1. The largest absolute Gasteiger partial charge is 0.392 e. The van der Waals surface area contributed by atoms with Crippen molar-refractivity contribution in [3.63, 3.8) is 0 Å². The van der Waals surface area contributed by atoms with Crippen LogP contribution in [0.15, 0.2) is 64.9 Å². The average molecular weight is 474 g/mol. The van der Waals surface area contributed by atoms with Crippen molar-refractivity contribution in [2.45, 2.75) is 37.7 Å². The average Bonchev–Trinajstić information content (AvgIpc) is 3.27. The molecule has 0 amide bonds. The number of benzene rings is 2. The third-order valence-electron chi connectivity index (χ3n) is 5.10. The first-order chi connectivity index (χ1) is 15.3. The second-order valence-electron chi connectivity index (χ2n) is 8.21. The molecule has 0 aliphatic rings. The first-order valence-corrected chi connectivity index (χ1v) is 13.1. The molecule has 32 heavy (non-hydrogen) atoms. The maximum absolute atomic E-state index is 13.4. The van der Waals surface area contributed by atoms with Crippen LogP contribution in [0.3, 0.4) is 0 Å². The van der Waals surface area contributed by atoms with E-state index in [9.17, 15) is 13.5 Å². The Morgan fingerprint density at radius 3 is 2.34 bits per heavy atom. The number of hydrogen-bond donors (Lipinski definition) is 2. The number of nitrogens with one attached hydrogen (secondary N) is 1. The van der Waals surface area contributed by atoms with E-state index >= 15 is 0 Å². The van der Waals surface area contributed by atoms with Crippen LogP contribution in [0.1, 0.15) is 25.8 Å². The molecule has 8 heteroatoms. The summed E-state index contributed by atoms with van der Waals surface area (Å²) in [5, 5.41) is 16.4. The van der Waals surface area contributed by atoms with E-state index in [2.05, 4.69) is 10.3 Å². The Morgan fingerprint density at radius 2 is 1.75 bits per heavy atom. The lowest BCUT2D eigenvalue weighted by molar-refractivity contribution is 0.133. The minimum absolute atomic E-state index is 0.0761. The molecule has 1 aromatic heterocycles. The van der Waals surface area contributed by atoms with Gasteiger partial charge in [-0.3, -0.25) is 0 Å². The molecule has 0 saturated heterocycles. The van der Waals surface area contributed by atoms with Gasteiger partial charge in [0.25, 0.3) is 0 Å². The highest BCUT2D eigenvalue weighted by Gasteiger charge is 2.27. The predicted molar refractivity (Wildman–Crippen MR) is 131 cm³/mol. The van der Waals surface area contributed by atoms with E-state index < -0.39 is 16.1 Å². The van der Waals surface area contributed by atoms with Gasteiger partial charge >= 0.3 is 0 Å². The Kier molecular flexibility index (Phi) is 8.42. The van der Waals surface area contributed by atoms with Crippen LogP contribution in [0.5, 0.6) is 0 Å². The van der Waals surface area contributed by atoms with Crippen molar-refractivity contribution in [2.24, 2.45) is 5.92 Å². The maximum atomic E-state index is 13.4. The summed E-state index contributed by atoms with van der Waals surface area (Å²) in [7, 11) is -1.91. The fourth-order valence-corrected chi connectivity index (χ4v) is 5.77. The number of rotatable bonds is 11. The number of aromatic nitrogens is 1. The Bertz CT molecular complexity index is 1080. The normalized spacial score (nSPS) is 12.9. The number of nitrogens with zero attached hydrogens (tertiary/aromatic N) is 2. The molecule has 0 bridgehead atoms. The fraction of sp³-hybridized carbons (Fsp3) is 0.375. The number of thiazole rings is 1. The molecule has 2 aromatic carbocycles. The summed E-state index contributed by atoms with van der Waals surface area (Å²) in [5.74, 6) is 0.139. The first-order valence-electron chi connectivity index (χ1n) is 10.8. The van der Waals surface area contributed by atoms with Gasteiger partial charge in [0.15, 0.2) is 5.13 Å². The highest BCUT2D eigenvalue weighted by molar-refractivity contribution is 7.89. The molecule has 6 nitrogen and oxygen atoms in total. The van der Waals surface area contributed by atoms with Gasteiger partial charge in [0.1, 0.15) is 0 Å². The summed E-state index contributed by atoms with van der Waals surface area (Å²) in [6.45, 7) is 4.38. The minimum atomic E-state index is -3.73. The molecule has 1 heterocycles. The molecular formula is C24H31N3O3S2. The molecule has 0 aliphatic carbocycles. The zero-order valence-electron chi connectivity index (χ0n) is 18.7. The Morgan fingerprint density at radius 1 is 1.06 bits per heavy atom. The van der Waals surface area contributed by atoms with E-state index in [1.54, 1.807) is 24.3 Å². The molecular weight excluding hydrogens is 442 g/mol. The number of sulfonamides is 1. The molecule has 0 spiro atoms. The standard InChI is InChI=1S/C24H31N3O3S2/c1-18(2)15-27(16-21(28)12-9-19-7-5-4-6-8-19)32(29,30)22-13-10-20(11-14-22)23-17-31-24(25-3)26-23/h4-8,10-11,13-14,17-18,21,28H,9,12,15-16H2,1-3H3,(H,25,26)/t21-/m1/s1. The van der Waals surface area contributed by atoms with Crippen LogP contribution in [0.25, 0.3) is 11.3 Å². The highest BCUT2D eigenvalue weighted by atomic mass is 32.2. The predicted octanol–water partition coefficient (Wildman–Crippen LogP) is 4.49. The van der Waals surface area contributed by atoms with Crippen LogP contribution in [-0.2, 0) is 16.4 Å². The van der Waals surface area contributed by atoms with Crippen molar-refractivity contribution >= 4 is 26.5 Å². The van der Waals surface area contributed by atoms with Crippen LogP contribution in [0.4, 0.5) is 5.13 Å². The van der Waals surface area contributed by atoms with Crippen LogP contribution in [0.2, 0.25) is 0 Å². The lowest BCUT2D eigenvalue weighted by Crippen LogP contribution is -2.40. The van der Waals surface area contributed by atoms with Crippen LogP contribution < -0.4 is 5.32 Å². The van der Waals surface area contributed by atoms with Crippen molar-refractivity contribution in [3.8, 4) is 11.3 Å². The topological polar surface area (TPSA) is 82.5 Å². The number of aliphatic hydroxyl groups is 1. The van der Waals surface area contributed by atoms with Gasteiger partial charge in [-0.25, -0.2) is 13.4 Å². The molecule has 0 saturated carbocycles. The van der Waals surface area contributed by atoms with Crippen molar-refractivity contribution < 1.29 is 13.5 Å². The van der Waals surface area contributed by atoms with Gasteiger partial charge < -0.3 is 10.4 Å². The van der Waals surface area contributed by atoms with E-state index in [0.717, 1.165) is 22.0 Å². The van der Waals surface area contributed by atoms with Crippen LogP contribution in [0, 0.1) is 5.92 Å². The molecule has 2 N–H and O–H groups in total. The molecule has 0 unspecified atom stereocenters. The van der Waals surface area contributed by atoms with Gasteiger partial charge in [-0.05, 0) is 36.5 Å². The van der Waals surface area contributed by atoms with Gasteiger partial charge in [-0.15, -0.1) is 11.3 Å². The van der Waals surface area contributed by atoms with E-state index in [1.165, 1.54) is 15.6 Å². The van der Waals surface area contributed by atoms with Crippen molar-refractivity contribution in [3.05, 3.63) is 65.5 Å². The monoisotopic (exact) mass is 473 g/mol. The fourth-order valence-electron chi connectivity index (χ4n) is 3.45. The van der Waals surface area contributed by atoms with Crippen LogP contribution in [-0.4, -0.2) is 49.1 Å². The number of aliphatic hydroxyl groups excluding tert-OH is 1. The van der Waals surface area contributed by atoms with Crippen molar-refractivity contribution in [1.29, 1.82) is 0 Å². The lowest BCUT2D eigenvalue weighted by Gasteiger charge is -2.26. The Hall–Kier alpha value is -2.26. The minimum Gasteiger partial charge on any atom is -0.392 e. The van der Waals surface area contributed by atoms with Crippen LogP contribution >= 0.6 is 11.3 Å². The second kappa shape index (κ2) is 11.0. The lowest BCUT2D eigenvalue weighted by atomic mass is 10.1. The molecule has 0 aliphatic heterocycles. The van der Waals surface area contributed by atoms with E-state index in [0.29, 0.717) is 19.4 Å². The third kappa shape index (κ3) is 6.38. The summed E-state index contributed by atoms with van der Waals surface area (Å²) in [6.07, 6.45) is 0.470. The molecule has 3 aromatic rings. The summed E-state index contributed by atoms with van der Waals surface area (Å²) >= 11 is 1.50. The number of aryl methyl sites for hydroxylation is 1. The SMILES string of the molecule is CNc1nc(-c2ccc(S(=O)(=O)N(CC(C)C)C[C@H](O)CCc3ccccc3)cc2)cs1. The van der Waals surface area contributed by atoms with Gasteiger partial charge in [0.2, 0.25) is 10.0 Å². The Balaban J connectivity index is 1.73. The summed E-state index contributed by atoms with van der Waals surface area (Å²) in [5.41, 5.74) is 2.79. The van der Waals surface area contributed by atoms with E-state index in [1.807, 2.05) is 56.6 Å². The summed E-state index contributed by atoms with van der Waals surface area (Å²) in [4.78, 5) is 4.69. The quantitative estimate of drug-likeness (QED) is 0.429.